The summed E-state index contributed by atoms with van der Waals surface area (Å²) in [5.41, 5.74) is 0.464. The van der Waals surface area contributed by atoms with Gasteiger partial charge in [-0.1, -0.05) is 6.92 Å². The minimum Gasteiger partial charge on any atom is -0.385 e. The van der Waals surface area contributed by atoms with Crippen LogP contribution in [0, 0.1) is 11.6 Å². The summed E-state index contributed by atoms with van der Waals surface area (Å²) >= 11 is 3.47. The van der Waals surface area contributed by atoms with Gasteiger partial charge >= 0.3 is 0 Å². The number of benzene rings is 1. The lowest BCUT2D eigenvalue weighted by atomic mass is 9.90. The smallest absolute Gasteiger partial charge is 0.126 e. The van der Waals surface area contributed by atoms with Crippen LogP contribution in [0.3, 0.4) is 0 Å². The van der Waals surface area contributed by atoms with Crippen LogP contribution in [0.1, 0.15) is 30.8 Å². The molecule has 0 aliphatic rings. The zero-order valence-corrected chi connectivity index (χ0v) is 13.7. The maximum atomic E-state index is 13.3. The Morgan fingerprint density at radius 3 is 2.33 bits per heavy atom. The van der Waals surface area contributed by atoms with E-state index in [0.29, 0.717) is 0 Å². The minimum atomic E-state index is -1.40. The Morgan fingerprint density at radius 2 is 1.86 bits per heavy atom. The van der Waals surface area contributed by atoms with E-state index in [1.54, 1.807) is 11.7 Å². The first kappa shape index (κ1) is 16.1. The molecule has 0 fully saturated rings. The first-order chi connectivity index (χ1) is 9.74. The van der Waals surface area contributed by atoms with Crippen molar-refractivity contribution in [3.63, 3.8) is 0 Å². The molecule has 1 atom stereocenters. The first-order valence-electron chi connectivity index (χ1n) is 6.63. The predicted octanol–water partition coefficient (Wildman–Crippen LogP) is 3.47. The lowest BCUT2D eigenvalue weighted by Gasteiger charge is -2.24. The average molecular weight is 359 g/mol. The van der Waals surface area contributed by atoms with E-state index in [1.807, 2.05) is 6.92 Å². The molecule has 0 radical (unpaired) electrons. The standard InChI is InChI=1S/C15H17BrF2N2O/c1-4-12-14(16)13(20(3)19-12)8-15(2,21)9-5-10(17)7-11(18)6-9/h5-7,21H,4,8H2,1-3H3. The molecule has 0 aliphatic heterocycles. The minimum absolute atomic E-state index is 0.194. The quantitative estimate of drug-likeness (QED) is 0.908. The normalized spacial score (nSPS) is 14.2. The molecule has 0 saturated carbocycles. The lowest BCUT2D eigenvalue weighted by molar-refractivity contribution is 0.0547. The van der Waals surface area contributed by atoms with Crippen molar-refractivity contribution < 1.29 is 13.9 Å². The molecule has 0 bridgehead atoms. The van der Waals surface area contributed by atoms with Crippen LogP contribution in [0.5, 0.6) is 0 Å². The average Bonchev–Trinajstić information content (AvgIpc) is 2.65. The molecule has 21 heavy (non-hydrogen) atoms. The molecule has 0 amide bonds. The molecule has 2 aromatic rings. The number of hydrogen-bond acceptors (Lipinski definition) is 2. The Hall–Kier alpha value is -1.27. The van der Waals surface area contributed by atoms with Crippen LogP contribution in [0.2, 0.25) is 0 Å². The Balaban J connectivity index is 2.39. The zero-order chi connectivity index (χ0) is 15.8. The maximum Gasteiger partial charge on any atom is 0.126 e. The monoisotopic (exact) mass is 358 g/mol. The van der Waals surface area contributed by atoms with Crippen molar-refractivity contribution >= 4 is 15.9 Å². The highest BCUT2D eigenvalue weighted by Crippen LogP contribution is 2.31. The summed E-state index contributed by atoms with van der Waals surface area (Å²) in [5.74, 6) is -1.41. The van der Waals surface area contributed by atoms with E-state index in [1.165, 1.54) is 6.92 Å². The third-order valence-corrected chi connectivity index (χ3v) is 4.41. The highest BCUT2D eigenvalue weighted by Gasteiger charge is 2.28. The van der Waals surface area contributed by atoms with Crippen LogP contribution < -0.4 is 0 Å². The fourth-order valence-corrected chi connectivity index (χ4v) is 3.06. The number of aliphatic hydroxyl groups is 1. The predicted molar refractivity (Wildman–Crippen MR) is 79.9 cm³/mol. The number of nitrogens with zero attached hydrogens (tertiary/aromatic N) is 2. The van der Waals surface area contributed by atoms with Crippen LogP contribution in [0.4, 0.5) is 8.78 Å². The number of aryl methyl sites for hydroxylation is 2. The zero-order valence-electron chi connectivity index (χ0n) is 12.1. The summed E-state index contributed by atoms with van der Waals surface area (Å²) in [5, 5.41) is 15.0. The molecule has 1 N–H and O–H groups in total. The van der Waals surface area contributed by atoms with E-state index in [2.05, 4.69) is 21.0 Å². The van der Waals surface area contributed by atoms with Gasteiger partial charge in [0.05, 0.1) is 21.5 Å². The molecule has 3 nitrogen and oxygen atoms in total. The molecule has 1 aromatic heterocycles. The van der Waals surface area contributed by atoms with Gasteiger partial charge in [0.25, 0.3) is 0 Å². The molecule has 1 aromatic carbocycles. The van der Waals surface area contributed by atoms with Gasteiger partial charge in [0, 0.05) is 19.5 Å². The van der Waals surface area contributed by atoms with Gasteiger partial charge in [0.1, 0.15) is 11.6 Å². The first-order valence-corrected chi connectivity index (χ1v) is 7.43. The van der Waals surface area contributed by atoms with E-state index in [-0.39, 0.29) is 12.0 Å². The van der Waals surface area contributed by atoms with Gasteiger partial charge in [-0.15, -0.1) is 0 Å². The number of rotatable bonds is 4. The highest BCUT2D eigenvalue weighted by atomic mass is 79.9. The van der Waals surface area contributed by atoms with Crippen molar-refractivity contribution in [1.82, 2.24) is 9.78 Å². The van der Waals surface area contributed by atoms with E-state index in [9.17, 15) is 13.9 Å². The summed E-state index contributed by atoms with van der Waals surface area (Å²) in [7, 11) is 1.78. The second-order valence-electron chi connectivity index (χ2n) is 5.29. The van der Waals surface area contributed by atoms with Crippen molar-refractivity contribution in [3.8, 4) is 0 Å². The van der Waals surface area contributed by atoms with Crippen LogP contribution in [0.25, 0.3) is 0 Å². The Labute approximate surface area is 130 Å². The van der Waals surface area contributed by atoms with E-state index < -0.39 is 17.2 Å². The van der Waals surface area contributed by atoms with E-state index in [0.717, 1.165) is 40.5 Å². The van der Waals surface area contributed by atoms with Crippen molar-refractivity contribution in [2.75, 3.05) is 0 Å². The third-order valence-electron chi connectivity index (χ3n) is 3.50. The van der Waals surface area contributed by atoms with Crippen LogP contribution in [-0.2, 0) is 25.5 Å². The number of aromatic nitrogens is 2. The molecular formula is C15H17BrF2N2O. The van der Waals surface area contributed by atoms with Gasteiger partial charge in [-0.25, -0.2) is 8.78 Å². The van der Waals surface area contributed by atoms with Crippen molar-refractivity contribution in [2.45, 2.75) is 32.3 Å². The number of halogens is 3. The Kier molecular flexibility index (Phi) is 4.49. The van der Waals surface area contributed by atoms with Crippen molar-refractivity contribution in [2.24, 2.45) is 7.05 Å². The van der Waals surface area contributed by atoms with Crippen LogP contribution >= 0.6 is 15.9 Å². The molecule has 0 saturated heterocycles. The summed E-state index contributed by atoms with van der Waals surface area (Å²) < 4.78 is 29.2. The Bertz CT molecular complexity index is 648. The molecule has 6 heteroatoms. The summed E-state index contributed by atoms with van der Waals surface area (Å²) in [4.78, 5) is 0. The highest BCUT2D eigenvalue weighted by molar-refractivity contribution is 9.10. The van der Waals surface area contributed by atoms with Gasteiger partial charge in [0.2, 0.25) is 0 Å². The largest absolute Gasteiger partial charge is 0.385 e. The molecule has 1 heterocycles. The van der Waals surface area contributed by atoms with Gasteiger partial charge in [-0.2, -0.15) is 5.10 Å². The topological polar surface area (TPSA) is 38.0 Å². The SMILES string of the molecule is CCc1nn(C)c(CC(C)(O)c2cc(F)cc(F)c2)c1Br. The van der Waals surface area contributed by atoms with Crippen molar-refractivity contribution in [3.05, 3.63) is 51.3 Å². The van der Waals surface area contributed by atoms with Gasteiger partial charge in [0.15, 0.2) is 0 Å². The molecule has 114 valence electrons. The van der Waals surface area contributed by atoms with Gasteiger partial charge in [-0.3, -0.25) is 4.68 Å². The van der Waals surface area contributed by atoms with Gasteiger partial charge < -0.3 is 5.11 Å². The maximum absolute atomic E-state index is 13.3. The second-order valence-corrected chi connectivity index (χ2v) is 6.09. The third kappa shape index (κ3) is 3.32. The van der Waals surface area contributed by atoms with Crippen LogP contribution in [0.15, 0.2) is 22.7 Å². The Morgan fingerprint density at radius 1 is 1.29 bits per heavy atom. The fraction of sp³-hybridized carbons (Fsp3) is 0.400. The molecule has 0 aliphatic carbocycles. The summed E-state index contributed by atoms with van der Waals surface area (Å²) in [6, 6.07) is 3.08. The van der Waals surface area contributed by atoms with E-state index in [4.69, 9.17) is 0 Å². The van der Waals surface area contributed by atoms with Crippen molar-refractivity contribution in [1.29, 1.82) is 0 Å². The molecule has 0 spiro atoms. The summed E-state index contributed by atoms with van der Waals surface area (Å²) in [6.07, 6.45) is 0.950. The molecular weight excluding hydrogens is 342 g/mol. The molecule has 1 unspecified atom stereocenters. The number of hydrogen-bond donors (Lipinski definition) is 1. The van der Waals surface area contributed by atoms with E-state index >= 15 is 0 Å². The lowest BCUT2D eigenvalue weighted by Crippen LogP contribution is -2.26. The molecule has 2 rings (SSSR count). The second kappa shape index (κ2) is 5.85. The van der Waals surface area contributed by atoms with Crippen LogP contribution in [-0.4, -0.2) is 14.9 Å². The van der Waals surface area contributed by atoms with Gasteiger partial charge in [-0.05, 0) is 47.0 Å². The summed E-state index contributed by atoms with van der Waals surface area (Å²) in [6.45, 7) is 3.52. The fourth-order valence-electron chi connectivity index (χ4n) is 2.30.